The van der Waals surface area contributed by atoms with Crippen LogP contribution in [0.4, 0.5) is 0 Å². The third-order valence-corrected chi connectivity index (χ3v) is 12.3. The molecule has 3 heteroatoms. The predicted molar refractivity (Wildman–Crippen MR) is 140 cm³/mol. The molecule has 4 aliphatic carbocycles. The van der Waals surface area contributed by atoms with E-state index in [1.165, 1.54) is 50.6 Å². The number of pyridine rings is 1. The van der Waals surface area contributed by atoms with Crippen molar-refractivity contribution >= 4 is 5.78 Å². The molecule has 0 N–H and O–H groups in total. The lowest BCUT2D eigenvalue weighted by Crippen LogP contribution is -2.54. The first kappa shape index (κ1) is 24.1. The molecule has 0 aromatic carbocycles. The summed E-state index contributed by atoms with van der Waals surface area (Å²) in [4.78, 5) is 16.8. The average Bonchev–Trinajstić information content (AvgIpc) is 3.32. The number of carbonyl (C=O) groups is 1. The zero-order chi connectivity index (χ0) is 24.4. The topological polar surface area (TPSA) is 39.2 Å². The molecule has 1 saturated heterocycles. The molecule has 0 spiro atoms. The Morgan fingerprint density at radius 2 is 1.97 bits per heavy atom. The van der Waals surface area contributed by atoms with E-state index in [0.717, 1.165) is 49.4 Å². The van der Waals surface area contributed by atoms with E-state index in [1.54, 1.807) is 0 Å². The summed E-state index contributed by atoms with van der Waals surface area (Å²) in [5, 5.41) is 0. The molecule has 0 amide bonds. The van der Waals surface area contributed by atoms with Gasteiger partial charge in [-0.1, -0.05) is 33.8 Å². The predicted octanol–water partition coefficient (Wildman–Crippen LogP) is 7.28. The number of hydrogen-bond donors (Lipinski definition) is 0. The monoisotopic (exact) mass is 477 g/mol. The molecule has 1 aromatic heterocycles. The second kappa shape index (κ2) is 8.96. The van der Waals surface area contributed by atoms with Gasteiger partial charge in [-0.2, -0.15) is 0 Å². The van der Waals surface area contributed by atoms with Gasteiger partial charge in [0.25, 0.3) is 0 Å². The first-order valence-electron chi connectivity index (χ1n) is 14.9. The highest BCUT2D eigenvalue weighted by Crippen LogP contribution is 2.69. The maximum atomic E-state index is 12.2. The molecular formula is C32H47NO2. The van der Waals surface area contributed by atoms with Crippen LogP contribution >= 0.6 is 0 Å². The molecule has 11 atom stereocenters. The van der Waals surface area contributed by atoms with Gasteiger partial charge < -0.3 is 4.74 Å². The Hall–Kier alpha value is -1.22. The number of ether oxygens (including phenoxy) is 1. The summed E-state index contributed by atoms with van der Waals surface area (Å²) >= 11 is 0. The highest BCUT2D eigenvalue weighted by atomic mass is 16.5. The van der Waals surface area contributed by atoms with Gasteiger partial charge >= 0.3 is 0 Å². The summed E-state index contributed by atoms with van der Waals surface area (Å²) in [6.45, 7) is 10.1. The summed E-state index contributed by atoms with van der Waals surface area (Å²) in [5.41, 5.74) is 2.08. The number of ketones is 1. The number of hydrogen-bond acceptors (Lipinski definition) is 3. The van der Waals surface area contributed by atoms with Crippen LogP contribution in [0.2, 0.25) is 0 Å². The van der Waals surface area contributed by atoms with Crippen molar-refractivity contribution in [3.8, 4) is 0 Å². The van der Waals surface area contributed by atoms with E-state index in [9.17, 15) is 4.79 Å². The highest BCUT2D eigenvalue weighted by molar-refractivity contribution is 5.79. The van der Waals surface area contributed by atoms with Crippen molar-refractivity contribution in [1.82, 2.24) is 4.98 Å². The number of rotatable bonds is 5. The largest absolute Gasteiger partial charge is 0.374 e. The van der Waals surface area contributed by atoms with Gasteiger partial charge in [-0.05, 0) is 122 Å². The fourth-order valence-electron chi connectivity index (χ4n) is 10.5. The average molecular weight is 478 g/mol. The van der Waals surface area contributed by atoms with E-state index < -0.39 is 0 Å². The van der Waals surface area contributed by atoms with E-state index in [1.807, 2.05) is 12.3 Å². The smallest absolute Gasteiger partial charge is 0.133 e. The molecule has 1 aliphatic heterocycles. The summed E-state index contributed by atoms with van der Waals surface area (Å²) in [7, 11) is 0. The molecule has 0 unspecified atom stereocenters. The van der Waals surface area contributed by atoms with Gasteiger partial charge in [0.2, 0.25) is 0 Å². The molecule has 5 fully saturated rings. The second-order valence-corrected chi connectivity index (χ2v) is 14.0. The van der Waals surface area contributed by atoms with Crippen LogP contribution in [0.25, 0.3) is 0 Å². The lowest BCUT2D eigenvalue weighted by atomic mass is 9.44. The molecule has 4 saturated carbocycles. The highest BCUT2D eigenvalue weighted by Gasteiger charge is 2.65. The minimum absolute atomic E-state index is 0.411. The fourth-order valence-corrected chi connectivity index (χ4v) is 10.5. The lowest BCUT2D eigenvalue weighted by Gasteiger charge is -2.60. The molecule has 0 radical (unpaired) electrons. The Kier molecular flexibility index (Phi) is 6.18. The molecule has 5 aliphatic rings. The van der Waals surface area contributed by atoms with Crippen molar-refractivity contribution in [2.45, 2.75) is 111 Å². The second-order valence-electron chi connectivity index (χ2n) is 14.0. The summed E-state index contributed by atoms with van der Waals surface area (Å²) < 4.78 is 6.92. The minimum atomic E-state index is 0.411. The Balaban J connectivity index is 1.11. The van der Waals surface area contributed by atoms with Crippen LogP contribution in [0.15, 0.2) is 24.4 Å². The van der Waals surface area contributed by atoms with Crippen LogP contribution in [0.5, 0.6) is 0 Å². The first-order chi connectivity index (χ1) is 16.8. The molecular weight excluding hydrogens is 430 g/mol. The van der Waals surface area contributed by atoms with Crippen LogP contribution in [0.3, 0.4) is 0 Å². The van der Waals surface area contributed by atoms with Gasteiger partial charge in [0.05, 0.1) is 12.2 Å². The van der Waals surface area contributed by atoms with Gasteiger partial charge in [0.15, 0.2) is 0 Å². The maximum absolute atomic E-state index is 12.2. The van der Waals surface area contributed by atoms with E-state index in [4.69, 9.17) is 4.74 Å². The van der Waals surface area contributed by atoms with Crippen molar-refractivity contribution in [1.29, 1.82) is 0 Å². The number of aromatic nitrogens is 1. The van der Waals surface area contributed by atoms with Gasteiger partial charge in [0.1, 0.15) is 5.78 Å². The Labute approximate surface area is 213 Å². The van der Waals surface area contributed by atoms with Gasteiger partial charge in [0, 0.05) is 24.7 Å². The normalized spacial score (nSPS) is 47.5. The third kappa shape index (κ3) is 3.94. The van der Waals surface area contributed by atoms with Gasteiger partial charge in [-0.25, -0.2) is 0 Å². The molecule has 1 aromatic rings. The molecule has 35 heavy (non-hydrogen) atoms. The van der Waals surface area contributed by atoms with Crippen molar-refractivity contribution in [3.05, 3.63) is 30.1 Å². The summed E-state index contributed by atoms with van der Waals surface area (Å²) in [6.07, 6.45) is 15.9. The number of fused-ring (bicyclic) bond motifs is 7. The van der Waals surface area contributed by atoms with Crippen molar-refractivity contribution in [3.63, 3.8) is 0 Å². The standard InChI is InChI=1S/C32H47NO2/c1-20(17-23-7-5-6-16-33-23)8-11-28-21(2)30-29(35-28)19-27-25-10-9-22-18-24(34)12-14-31(22,3)26(25)13-15-32(27,30)4/h5-7,16,20-22,25-30H,8-15,17-19H2,1-4H3/t20-,21+,22+,25+,26-,27-,28+,29-,30-,31-,32-/m0/s1. The molecule has 0 bridgehead atoms. The van der Waals surface area contributed by atoms with E-state index in [-0.39, 0.29) is 0 Å². The Morgan fingerprint density at radius 3 is 2.77 bits per heavy atom. The van der Waals surface area contributed by atoms with E-state index in [2.05, 4.69) is 44.8 Å². The Bertz CT molecular complexity index is 931. The molecule has 2 heterocycles. The van der Waals surface area contributed by atoms with Crippen LogP contribution < -0.4 is 0 Å². The van der Waals surface area contributed by atoms with Crippen LogP contribution in [-0.4, -0.2) is 23.0 Å². The van der Waals surface area contributed by atoms with Gasteiger partial charge in [-0.15, -0.1) is 0 Å². The van der Waals surface area contributed by atoms with E-state index >= 15 is 0 Å². The fraction of sp³-hybridized carbons (Fsp3) is 0.812. The maximum Gasteiger partial charge on any atom is 0.133 e. The number of carbonyl (C=O) groups excluding carboxylic acids is 1. The van der Waals surface area contributed by atoms with Crippen LogP contribution in [0, 0.1) is 52.3 Å². The minimum Gasteiger partial charge on any atom is -0.374 e. The van der Waals surface area contributed by atoms with Crippen LogP contribution in [-0.2, 0) is 16.0 Å². The quantitative estimate of drug-likeness (QED) is 0.447. The van der Waals surface area contributed by atoms with Crippen molar-refractivity contribution in [2.75, 3.05) is 0 Å². The SMILES string of the molecule is C[C@@H](CC[C@H]1O[C@H]2C[C@H]3[C@@H]4CC[C@@H]5CC(=O)CC[C@]5(C)[C@H]4CC[C@]3(C)[C@H]2[C@@H]1C)Cc1ccccn1. The van der Waals surface area contributed by atoms with Crippen molar-refractivity contribution in [2.24, 2.45) is 52.3 Å². The number of Topliss-reactive ketones (excluding diaryl/α,β-unsaturated/α-hetero) is 1. The molecule has 6 rings (SSSR count). The lowest BCUT2D eigenvalue weighted by molar-refractivity contribution is -0.140. The summed E-state index contributed by atoms with van der Waals surface area (Å²) in [6, 6.07) is 6.27. The molecule has 3 nitrogen and oxygen atoms in total. The Morgan fingerprint density at radius 1 is 1.11 bits per heavy atom. The zero-order valence-corrected chi connectivity index (χ0v) is 22.5. The van der Waals surface area contributed by atoms with Crippen LogP contribution in [0.1, 0.15) is 97.6 Å². The van der Waals surface area contributed by atoms with Gasteiger partial charge in [-0.3, -0.25) is 9.78 Å². The zero-order valence-electron chi connectivity index (χ0n) is 22.5. The molecule has 192 valence electrons. The van der Waals surface area contributed by atoms with Crippen molar-refractivity contribution < 1.29 is 9.53 Å². The third-order valence-electron chi connectivity index (χ3n) is 12.3. The number of nitrogens with zero attached hydrogens (tertiary/aromatic N) is 1. The van der Waals surface area contributed by atoms with E-state index in [0.29, 0.717) is 46.6 Å². The first-order valence-corrected chi connectivity index (χ1v) is 14.9. The summed E-state index contributed by atoms with van der Waals surface area (Å²) in [5.74, 6) is 5.78.